The third-order valence-corrected chi connectivity index (χ3v) is 6.20. The van der Waals surface area contributed by atoms with Crippen LogP contribution in [0.25, 0.3) is 0 Å². The number of carbonyl (C=O) groups excluding carboxylic acids is 1. The van der Waals surface area contributed by atoms with Crippen molar-refractivity contribution in [2.75, 3.05) is 31.7 Å². The molecule has 0 bridgehead atoms. The maximum Gasteiger partial charge on any atom is 0.333 e. The number of carbonyl (C=O) groups is 1. The van der Waals surface area contributed by atoms with Crippen LogP contribution in [-0.2, 0) is 14.6 Å². The van der Waals surface area contributed by atoms with E-state index < -0.39 is 21.8 Å². The Bertz CT molecular complexity index is 985. The molecule has 8 heteroatoms. The van der Waals surface area contributed by atoms with E-state index >= 15 is 0 Å². The highest BCUT2D eigenvalue weighted by molar-refractivity contribution is 7.91. The lowest BCUT2D eigenvalue weighted by atomic mass is 10.1. The molecular formula is C20H20N2O5S. The maximum atomic E-state index is 13.1. The van der Waals surface area contributed by atoms with E-state index in [0.29, 0.717) is 5.56 Å². The van der Waals surface area contributed by atoms with E-state index in [1.165, 1.54) is 25.3 Å². The van der Waals surface area contributed by atoms with Gasteiger partial charge in [-0.2, -0.15) is 5.26 Å². The molecule has 28 heavy (non-hydrogen) atoms. The van der Waals surface area contributed by atoms with Gasteiger partial charge in [-0.3, -0.25) is 4.90 Å². The molecule has 0 N–H and O–H groups in total. The second-order valence-corrected chi connectivity index (χ2v) is 8.70. The van der Waals surface area contributed by atoms with Crippen molar-refractivity contribution in [1.82, 2.24) is 4.90 Å². The lowest BCUT2D eigenvalue weighted by Crippen LogP contribution is -2.45. The number of rotatable bonds is 5. The summed E-state index contributed by atoms with van der Waals surface area (Å²) < 4.78 is 34.4. The summed E-state index contributed by atoms with van der Waals surface area (Å²) in [6.45, 7) is 0.503. The fourth-order valence-electron chi connectivity index (χ4n) is 3.10. The molecule has 0 amide bonds. The highest BCUT2D eigenvalue weighted by Crippen LogP contribution is 2.31. The highest BCUT2D eigenvalue weighted by Gasteiger charge is 2.34. The predicted molar refractivity (Wildman–Crippen MR) is 103 cm³/mol. The highest BCUT2D eigenvalue weighted by atomic mass is 32.2. The van der Waals surface area contributed by atoms with Crippen LogP contribution < -0.4 is 9.47 Å². The van der Waals surface area contributed by atoms with Crippen LogP contribution in [0.15, 0.2) is 48.5 Å². The number of ether oxygens (including phenoxy) is 2. The molecule has 0 aromatic heterocycles. The molecule has 1 heterocycles. The van der Waals surface area contributed by atoms with Crippen molar-refractivity contribution >= 4 is 15.8 Å². The van der Waals surface area contributed by atoms with Gasteiger partial charge in [0, 0.05) is 19.2 Å². The predicted octanol–water partition coefficient (Wildman–Crippen LogP) is 1.94. The Kier molecular flexibility index (Phi) is 5.97. The summed E-state index contributed by atoms with van der Waals surface area (Å²) in [5.41, 5.74) is 1.11. The Morgan fingerprint density at radius 3 is 2.39 bits per heavy atom. The molecule has 7 nitrogen and oxygen atoms in total. The molecule has 1 unspecified atom stereocenters. The molecule has 1 atom stereocenters. The fourth-order valence-corrected chi connectivity index (χ4v) is 4.33. The average molecular weight is 400 g/mol. The van der Waals surface area contributed by atoms with Crippen LogP contribution >= 0.6 is 0 Å². The smallest absolute Gasteiger partial charge is 0.333 e. The normalized spacial score (nSPS) is 17.3. The number of esters is 1. The van der Waals surface area contributed by atoms with Gasteiger partial charge >= 0.3 is 5.97 Å². The molecule has 0 aliphatic carbocycles. The first kappa shape index (κ1) is 19.9. The van der Waals surface area contributed by atoms with Gasteiger partial charge in [-0.1, -0.05) is 30.3 Å². The van der Waals surface area contributed by atoms with Crippen molar-refractivity contribution in [3.05, 3.63) is 59.7 Å². The van der Waals surface area contributed by atoms with Gasteiger partial charge in [0.15, 0.2) is 21.3 Å². The van der Waals surface area contributed by atoms with E-state index in [1.54, 1.807) is 0 Å². The van der Waals surface area contributed by atoms with E-state index in [2.05, 4.69) is 0 Å². The number of hydrogen-bond donors (Lipinski definition) is 0. The molecule has 146 valence electrons. The van der Waals surface area contributed by atoms with Crippen LogP contribution in [0.3, 0.4) is 0 Å². The van der Waals surface area contributed by atoms with Crippen LogP contribution in [0.5, 0.6) is 11.5 Å². The van der Waals surface area contributed by atoms with Crippen LogP contribution in [0.1, 0.15) is 17.2 Å². The topological polar surface area (TPSA) is 96.7 Å². The lowest BCUT2D eigenvalue weighted by Gasteiger charge is -2.33. The van der Waals surface area contributed by atoms with Crippen LogP contribution in [0.2, 0.25) is 0 Å². The minimum atomic E-state index is -3.08. The molecule has 3 rings (SSSR count). The summed E-state index contributed by atoms with van der Waals surface area (Å²) >= 11 is 0. The first-order valence-electron chi connectivity index (χ1n) is 8.73. The summed E-state index contributed by atoms with van der Waals surface area (Å²) in [7, 11) is -1.65. The Hall–Kier alpha value is -2.89. The molecule has 1 fully saturated rings. The number of sulfone groups is 1. The molecule has 0 radical (unpaired) electrons. The summed E-state index contributed by atoms with van der Waals surface area (Å²) in [6, 6.07) is 14.9. The zero-order valence-electron chi connectivity index (χ0n) is 15.4. The van der Waals surface area contributed by atoms with Crippen LogP contribution in [0.4, 0.5) is 0 Å². The number of benzene rings is 2. The fraction of sp³-hybridized carbons (Fsp3) is 0.300. The summed E-state index contributed by atoms with van der Waals surface area (Å²) in [5.74, 6) is -0.0425. The minimum Gasteiger partial charge on any atom is -0.493 e. The Balaban J connectivity index is 1.89. The van der Waals surface area contributed by atoms with E-state index in [0.717, 1.165) is 5.56 Å². The zero-order chi connectivity index (χ0) is 20.1. The van der Waals surface area contributed by atoms with E-state index in [1.807, 2.05) is 41.3 Å². The molecule has 1 aliphatic rings. The molecule has 0 spiro atoms. The molecular weight excluding hydrogens is 380 g/mol. The van der Waals surface area contributed by atoms with Crippen LogP contribution in [0, 0.1) is 11.3 Å². The van der Waals surface area contributed by atoms with Gasteiger partial charge in [0.1, 0.15) is 6.04 Å². The van der Waals surface area contributed by atoms with Crippen molar-refractivity contribution in [2.24, 2.45) is 0 Å². The third kappa shape index (κ3) is 4.50. The quantitative estimate of drug-likeness (QED) is 0.559. The lowest BCUT2D eigenvalue weighted by molar-refractivity contribution is -0.140. The van der Waals surface area contributed by atoms with Gasteiger partial charge in [-0.05, 0) is 17.7 Å². The number of methoxy groups -OCH3 is 1. The molecule has 2 aromatic rings. The SMILES string of the molecule is COc1cc(C#N)ccc1OC(=O)C(c1ccccc1)N1CCS(=O)(=O)CC1. The van der Waals surface area contributed by atoms with Crippen molar-refractivity contribution in [2.45, 2.75) is 6.04 Å². The van der Waals surface area contributed by atoms with Crippen LogP contribution in [-0.4, -0.2) is 51.0 Å². The third-order valence-electron chi connectivity index (χ3n) is 4.59. The second-order valence-electron chi connectivity index (χ2n) is 6.40. The summed E-state index contributed by atoms with van der Waals surface area (Å²) in [5, 5.41) is 9.01. The zero-order valence-corrected chi connectivity index (χ0v) is 16.2. The second kappa shape index (κ2) is 8.42. The first-order chi connectivity index (χ1) is 13.4. The Labute approximate surface area is 164 Å². The van der Waals surface area contributed by atoms with E-state index in [4.69, 9.17) is 14.7 Å². The maximum absolute atomic E-state index is 13.1. The van der Waals surface area contributed by atoms with Crippen molar-refractivity contribution in [3.63, 3.8) is 0 Å². The molecule has 0 saturated carbocycles. The Morgan fingerprint density at radius 2 is 1.79 bits per heavy atom. The average Bonchev–Trinajstić information content (AvgIpc) is 2.70. The monoisotopic (exact) mass is 400 g/mol. The number of nitriles is 1. The Morgan fingerprint density at radius 1 is 1.11 bits per heavy atom. The minimum absolute atomic E-state index is 0.00377. The van der Waals surface area contributed by atoms with Crippen molar-refractivity contribution < 1.29 is 22.7 Å². The first-order valence-corrected chi connectivity index (χ1v) is 10.5. The molecule has 1 saturated heterocycles. The van der Waals surface area contributed by atoms with E-state index in [-0.39, 0.29) is 36.1 Å². The van der Waals surface area contributed by atoms with Gasteiger partial charge in [0.2, 0.25) is 0 Å². The molecule has 1 aliphatic heterocycles. The number of hydrogen-bond acceptors (Lipinski definition) is 7. The van der Waals surface area contributed by atoms with Crippen molar-refractivity contribution in [1.29, 1.82) is 5.26 Å². The van der Waals surface area contributed by atoms with Gasteiger partial charge in [-0.15, -0.1) is 0 Å². The molecule has 2 aromatic carbocycles. The van der Waals surface area contributed by atoms with E-state index in [9.17, 15) is 13.2 Å². The van der Waals surface area contributed by atoms with Gasteiger partial charge in [0.05, 0.1) is 30.2 Å². The standard InChI is InChI=1S/C20H20N2O5S/c1-26-18-13-15(14-21)7-8-17(18)27-20(23)19(16-5-3-2-4-6-16)22-9-11-28(24,25)12-10-22/h2-8,13,19H,9-12H2,1H3. The van der Waals surface area contributed by atoms with Crippen molar-refractivity contribution in [3.8, 4) is 17.6 Å². The summed E-state index contributed by atoms with van der Waals surface area (Å²) in [6.07, 6.45) is 0. The van der Waals surface area contributed by atoms with Gasteiger partial charge in [-0.25, -0.2) is 13.2 Å². The van der Waals surface area contributed by atoms with Gasteiger partial charge in [0.25, 0.3) is 0 Å². The largest absolute Gasteiger partial charge is 0.493 e. The summed E-state index contributed by atoms with van der Waals surface area (Å²) in [4.78, 5) is 14.9. The number of nitrogens with zero attached hydrogens (tertiary/aromatic N) is 2. The van der Waals surface area contributed by atoms with Gasteiger partial charge < -0.3 is 9.47 Å².